The highest BCUT2D eigenvalue weighted by Gasteiger charge is 2.27. The second-order valence-corrected chi connectivity index (χ2v) is 11.7. The van der Waals surface area contributed by atoms with Crippen molar-refractivity contribution < 1.29 is 21.6 Å². The first-order valence-corrected chi connectivity index (χ1v) is 13.4. The predicted octanol–water partition coefficient (Wildman–Crippen LogP) is 4.81. The van der Waals surface area contributed by atoms with Gasteiger partial charge in [0, 0.05) is 22.3 Å². The van der Waals surface area contributed by atoms with Crippen molar-refractivity contribution in [1.29, 1.82) is 0 Å². The predicted molar refractivity (Wildman–Crippen MR) is 132 cm³/mol. The fourth-order valence-corrected chi connectivity index (χ4v) is 6.57. The largest absolute Gasteiger partial charge is 0.294 e. The van der Waals surface area contributed by atoms with Crippen molar-refractivity contribution in [3.8, 4) is 0 Å². The van der Waals surface area contributed by atoms with Crippen LogP contribution in [0.2, 0.25) is 0 Å². The summed E-state index contributed by atoms with van der Waals surface area (Å²) in [6.07, 6.45) is 0. The van der Waals surface area contributed by atoms with Crippen LogP contribution in [-0.2, 0) is 20.0 Å². The summed E-state index contributed by atoms with van der Waals surface area (Å²) in [5, 5.41) is 0.352. The zero-order chi connectivity index (χ0) is 24.8. The van der Waals surface area contributed by atoms with E-state index in [1.165, 1.54) is 49.4 Å². The van der Waals surface area contributed by atoms with Crippen molar-refractivity contribution >= 4 is 42.4 Å². The average Bonchev–Trinajstić information content (AvgIpc) is 3.06. The number of nitrogens with zero attached hydrogens (tertiary/aromatic N) is 1. The molecule has 4 rings (SSSR count). The first kappa shape index (κ1) is 23.7. The molecule has 4 aromatic rings. The SMILES string of the molecule is CC(=O)c1c(C)n(S(=O)(=O)c2ccc(C)cc2)c2ccc(NS(=O)(=O)c3ccc(C)cc3)cc12. The number of hydrogen-bond acceptors (Lipinski definition) is 5. The Morgan fingerprint density at radius 1 is 0.765 bits per heavy atom. The number of Topliss-reactive ketones (excluding diaryl/α,β-unsaturated/α-hetero) is 1. The molecule has 0 aliphatic rings. The van der Waals surface area contributed by atoms with E-state index in [4.69, 9.17) is 0 Å². The quantitative estimate of drug-likeness (QED) is 0.386. The molecule has 9 heteroatoms. The minimum Gasteiger partial charge on any atom is -0.294 e. The molecule has 0 saturated carbocycles. The van der Waals surface area contributed by atoms with Crippen LogP contribution >= 0.6 is 0 Å². The van der Waals surface area contributed by atoms with Crippen molar-refractivity contribution in [3.05, 3.63) is 89.1 Å². The lowest BCUT2D eigenvalue weighted by Crippen LogP contribution is -2.15. The maximum absolute atomic E-state index is 13.5. The van der Waals surface area contributed by atoms with Gasteiger partial charge in [-0.3, -0.25) is 9.52 Å². The highest BCUT2D eigenvalue weighted by Crippen LogP contribution is 2.33. The second kappa shape index (κ2) is 8.41. The van der Waals surface area contributed by atoms with Crippen molar-refractivity contribution in [2.75, 3.05) is 4.72 Å². The third-order valence-electron chi connectivity index (χ3n) is 5.65. The van der Waals surface area contributed by atoms with Crippen LogP contribution in [0.4, 0.5) is 5.69 Å². The zero-order valence-electron chi connectivity index (χ0n) is 19.2. The Balaban J connectivity index is 1.87. The Hall–Kier alpha value is -3.43. The Bertz CT molecular complexity index is 1630. The summed E-state index contributed by atoms with van der Waals surface area (Å²) in [4.78, 5) is 12.7. The topological polar surface area (TPSA) is 102 Å². The minimum atomic E-state index is -3.99. The number of aromatic nitrogens is 1. The van der Waals surface area contributed by atoms with Gasteiger partial charge in [-0.05, 0) is 70.2 Å². The first-order chi connectivity index (χ1) is 15.9. The lowest BCUT2D eigenvalue weighted by Gasteiger charge is -2.11. The third-order valence-corrected chi connectivity index (χ3v) is 8.86. The number of aryl methyl sites for hydroxylation is 2. The van der Waals surface area contributed by atoms with Gasteiger partial charge in [-0.25, -0.2) is 20.8 Å². The lowest BCUT2D eigenvalue weighted by molar-refractivity contribution is 0.101. The highest BCUT2D eigenvalue weighted by molar-refractivity contribution is 7.92. The maximum atomic E-state index is 13.5. The van der Waals surface area contributed by atoms with E-state index in [9.17, 15) is 21.6 Å². The van der Waals surface area contributed by atoms with Gasteiger partial charge in [-0.2, -0.15) is 0 Å². The smallest absolute Gasteiger partial charge is 0.268 e. The summed E-state index contributed by atoms with van der Waals surface area (Å²) < 4.78 is 56.3. The molecule has 0 spiro atoms. The molecule has 0 aliphatic heterocycles. The molecule has 0 amide bonds. The number of anilines is 1. The van der Waals surface area contributed by atoms with Crippen molar-refractivity contribution in [2.45, 2.75) is 37.5 Å². The Labute approximate surface area is 199 Å². The summed E-state index contributed by atoms with van der Waals surface area (Å²) >= 11 is 0. The Morgan fingerprint density at radius 2 is 1.29 bits per heavy atom. The number of hydrogen-bond donors (Lipinski definition) is 1. The van der Waals surface area contributed by atoms with Gasteiger partial charge in [0.05, 0.1) is 15.3 Å². The van der Waals surface area contributed by atoms with E-state index in [2.05, 4.69) is 4.72 Å². The van der Waals surface area contributed by atoms with Crippen LogP contribution in [0.25, 0.3) is 10.9 Å². The number of rotatable bonds is 6. The fourth-order valence-electron chi connectivity index (χ4n) is 3.96. The van der Waals surface area contributed by atoms with E-state index < -0.39 is 20.0 Å². The molecule has 0 atom stereocenters. The van der Waals surface area contributed by atoms with Gasteiger partial charge in [0.1, 0.15) is 0 Å². The van der Waals surface area contributed by atoms with Crippen LogP contribution < -0.4 is 4.72 Å². The number of ketones is 1. The van der Waals surface area contributed by atoms with E-state index in [1.54, 1.807) is 31.2 Å². The highest BCUT2D eigenvalue weighted by atomic mass is 32.2. The van der Waals surface area contributed by atoms with Crippen LogP contribution in [0.15, 0.2) is 76.5 Å². The number of nitrogens with one attached hydrogen (secondary N) is 1. The summed E-state index contributed by atoms with van der Waals surface area (Å²) in [6.45, 7) is 6.64. The first-order valence-electron chi connectivity index (χ1n) is 10.5. The molecular weight excluding hydrogens is 472 g/mol. The molecule has 0 radical (unpaired) electrons. The van der Waals surface area contributed by atoms with Crippen molar-refractivity contribution in [2.24, 2.45) is 0 Å². The van der Waals surface area contributed by atoms with Gasteiger partial charge in [-0.1, -0.05) is 35.4 Å². The van der Waals surface area contributed by atoms with Gasteiger partial charge < -0.3 is 0 Å². The van der Waals surface area contributed by atoms with Gasteiger partial charge >= 0.3 is 0 Å². The van der Waals surface area contributed by atoms with Gasteiger partial charge in [0.25, 0.3) is 20.0 Å². The van der Waals surface area contributed by atoms with E-state index in [0.29, 0.717) is 10.9 Å². The second-order valence-electron chi connectivity index (χ2n) is 8.25. The molecule has 34 heavy (non-hydrogen) atoms. The van der Waals surface area contributed by atoms with Crippen molar-refractivity contribution in [3.63, 3.8) is 0 Å². The number of benzene rings is 3. The van der Waals surface area contributed by atoms with Crippen LogP contribution in [0.1, 0.15) is 34.1 Å². The van der Waals surface area contributed by atoms with Gasteiger partial charge in [0.15, 0.2) is 5.78 Å². The normalized spacial score (nSPS) is 12.1. The molecular formula is C25H24N2O5S2. The monoisotopic (exact) mass is 496 g/mol. The van der Waals surface area contributed by atoms with E-state index in [1.807, 2.05) is 13.8 Å². The summed E-state index contributed by atoms with van der Waals surface area (Å²) in [5.74, 6) is -0.320. The molecule has 0 unspecified atom stereocenters. The molecule has 0 bridgehead atoms. The number of fused-ring (bicyclic) bond motifs is 1. The van der Waals surface area contributed by atoms with Crippen LogP contribution in [0.5, 0.6) is 0 Å². The van der Waals surface area contributed by atoms with Gasteiger partial charge in [0.2, 0.25) is 0 Å². The Morgan fingerprint density at radius 3 is 1.82 bits per heavy atom. The lowest BCUT2D eigenvalue weighted by atomic mass is 10.1. The molecule has 7 nitrogen and oxygen atoms in total. The van der Waals surface area contributed by atoms with Crippen LogP contribution in [0.3, 0.4) is 0 Å². The van der Waals surface area contributed by atoms with E-state index in [-0.39, 0.29) is 32.5 Å². The van der Waals surface area contributed by atoms with Crippen LogP contribution in [0, 0.1) is 20.8 Å². The van der Waals surface area contributed by atoms with Gasteiger partial charge in [-0.15, -0.1) is 0 Å². The number of carbonyl (C=O) groups is 1. The molecule has 1 aromatic heterocycles. The van der Waals surface area contributed by atoms with E-state index in [0.717, 1.165) is 15.1 Å². The summed E-state index contributed by atoms with van der Waals surface area (Å²) in [7, 11) is -7.87. The number of sulfonamides is 1. The summed E-state index contributed by atoms with van der Waals surface area (Å²) in [6, 6.07) is 17.3. The molecule has 1 heterocycles. The number of carbonyl (C=O) groups excluding carboxylic acids is 1. The van der Waals surface area contributed by atoms with E-state index >= 15 is 0 Å². The zero-order valence-corrected chi connectivity index (χ0v) is 20.8. The maximum Gasteiger partial charge on any atom is 0.268 e. The molecule has 0 fully saturated rings. The average molecular weight is 497 g/mol. The Kier molecular flexibility index (Phi) is 5.87. The molecule has 176 valence electrons. The molecule has 0 saturated heterocycles. The minimum absolute atomic E-state index is 0.0948. The van der Waals surface area contributed by atoms with Crippen LogP contribution in [-0.4, -0.2) is 26.6 Å². The molecule has 1 N–H and O–H groups in total. The molecule has 0 aliphatic carbocycles. The third kappa shape index (κ3) is 4.12. The molecule has 3 aromatic carbocycles. The standard InChI is InChI=1S/C25H24N2O5S2/c1-16-5-10-21(11-6-16)33(29,30)26-20-9-14-24-23(15-20)25(19(4)28)18(3)27(24)34(31,32)22-12-7-17(2)8-13-22/h5-15,26H,1-4H3. The summed E-state index contributed by atoms with van der Waals surface area (Å²) in [5.41, 5.74) is 2.85. The van der Waals surface area contributed by atoms with Crippen molar-refractivity contribution in [1.82, 2.24) is 3.97 Å². The fraction of sp³-hybridized carbons (Fsp3) is 0.160.